The Balaban J connectivity index is 1.98. The molecule has 11 nitrogen and oxygen atoms in total. The zero-order chi connectivity index (χ0) is 24.1. The van der Waals surface area contributed by atoms with Crippen molar-refractivity contribution in [2.75, 3.05) is 44.5 Å². The molecule has 0 aromatic carbocycles. The fraction of sp³-hybridized carbons (Fsp3) is 0.650. The van der Waals surface area contributed by atoms with E-state index in [-0.39, 0.29) is 36.4 Å². The Morgan fingerprint density at radius 2 is 1.64 bits per heavy atom. The quantitative estimate of drug-likeness (QED) is 0.292. The maximum Gasteiger partial charge on any atom is 0.352 e. The van der Waals surface area contributed by atoms with E-state index in [9.17, 15) is 0 Å². The fourth-order valence-electron chi connectivity index (χ4n) is 2.56. The van der Waals surface area contributed by atoms with E-state index in [1.807, 2.05) is 0 Å². The average molecular weight is 501 g/mol. The molecule has 0 amide bonds. The van der Waals surface area contributed by atoms with Gasteiger partial charge in [0.05, 0.1) is 19.5 Å². The van der Waals surface area contributed by atoms with E-state index in [0.29, 0.717) is 30.2 Å². The number of ether oxygens (including phenoxy) is 5. The van der Waals surface area contributed by atoms with Gasteiger partial charge in [0, 0.05) is 31.5 Å². The van der Waals surface area contributed by atoms with Crippen molar-refractivity contribution in [3.63, 3.8) is 0 Å². The fourth-order valence-corrected chi connectivity index (χ4v) is 2.87. The van der Waals surface area contributed by atoms with Crippen molar-refractivity contribution in [1.82, 2.24) is 19.5 Å². The van der Waals surface area contributed by atoms with Crippen LogP contribution < -0.4 is 11.1 Å². The second-order valence-electron chi connectivity index (χ2n) is 7.01. The van der Waals surface area contributed by atoms with Gasteiger partial charge in [-0.25, -0.2) is 4.98 Å². The molecule has 0 aliphatic carbocycles. The van der Waals surface area contributed by atoms with Crippen LogP contribution in [0, 0.1) is 0 Å². The van der Waals surface area contributed by atoms with Gasteiger partial charge in [0.1, 0.15) is 26.0 Å². The van der Waals surface area contributed by atoms with Gasteiger partial charge in [0.15, 0.2) is 17.0 Å². The van der Waals surface area contributed by atoms with Gasteiger partial charge in [0.25, 0.3) is 0 Å². The Morgan fingerprint density at radius 1 is 1.03 bits per heavy atom. The molecule has 184 valence electrons. The molecule has 2 rings (SSSR count). The van der Waals surface area contributed by atoms with E-state index in [2.05, 4.69) is 34.1 Å². The SMILES string of the molecule is CCCCOC(=S)OCC(COC(=S)OCCCC)OCn1cnc2c(NC)nc(N)nc21. The molecule has 33 heavy (non-hydrogen) atoms. The highest BCUT2D eigenvalue weighted by Gasteiger charge is 2.17. The Hall–Kier alpha value is -2.51. The Kier molecular flexibility index (Phi) is 11.8. The van der Waals surface area contributed by atoms with Crippen molar-refractivity contribution < 1.29 is 23.7 Å². The van der Waals surface area contributed by atoms with Gasteiger partial charge < -0.3 is 34.7 Å². The van der Waals surface area contributed by atoms with Gasteiger partial charge in [0.2, 0.25) is 5.95 Å². The zero-order valence-corrected chi connectivity index (χ0v) is 20.9. The van der Waals surface area contributed by atoms with Crippen molar-refractivity contribution >= 4 is 57.8 Å². The molecule has 0 radical (unpaired) electrons. The lowest BCUT2D eigenvalue weighted by molar-refractivity contribution is -0.0517. The summed E-state index contributed by atoms with van der Waals surface area (Å²) in [4.78, 5) is 12.7. The highest BCUT2D eigenvalue weighted by Crippen LogP contribution is 2.19. The van der Waals surface area contributed by atoms with E-state index in [4.69, 9.17) is 53.9 Å². The monoisotopic (exact) mass is 500 g/mol. The minimum absolute atomic E-state index is 0.0612. The normalized spacial score (nSPS) is 10.9. The van der Waals surface area contributed by atoms with Crippen molar-refractivity contribution in [3.8, 4) is 0 Å². The number of nitrogen functional groups attached to an aromatic ring is 1. The molecule has 0 saturated heterocycles. The van der Waals surface area contributed by atoms with Crippen LogP contribution in [0.5, 0.6) is 0 Å². The third-order valence-electron chi connectivity index (χ3n) is 4.38. The molecule has 0 spiro atoms. The molecule has 0 bridgehead atoms. The first kappa shape index (κ1) is 26.7. The van der Waals surface area contributed by atoms with E-state index in [0.717, 1.165) is 25.7 Å². The van der Waals surface area contributed by atoms with Crippen LogP contribution in [-0.4, -0.2) is 69.6 Å². The van der Waals surface area contributed by atoms with Crippen LogP contribution in [0.3, 0.4) is 0 Å². The number of aromatic nitrogens is 4. The lowest BCUT2D eigenvalue weighted by atomic mass is 10.4. The number of nitrogens with zero attached hydrogens (tertiary/aromatic N) is 4. The molecule has 0 atom stereocenters. The second kappa shape index (κ2) is 14.6. The van der Waals surface area contributed by atoms with Crippen LogP contribution in [0.15, 0.2) is 6.33 Å². The molecule has 0 fully saturated rings. The van der Waals surface area contributed by atoms with Crippen LogP contribution in [0.2, 0.25) is 0 Å². The number of anilines is 2. The number of fused-ring (bicyclic) bond motifs is 1. The van der Waals surface area contributed by atoms with E-state index in [1.165, 1.54) is 0 Å². The number of rotatable bonds is 14. The molecular formula is C20H32N6O5S2. The Morgan fingerprint density at radius 3 is 2.18 bits per heavy atom. The summed E-state index contributed by atoms with van der Waals surface area (Å²) in [5.74, 6) is 0.657. The second-order valence-corrected chi connectivity index (χ2v) is 7.68. The predicted octanol–water partition coefficient (Wildman–Crippen LogP) is 3.03. The minimum atomic E-state index is -0.522. The zero-order valence-electron chi connectivity index (χ0n) is 19.2. The largest absolute Gasteiger partial charge is 0.457 e. The third kappa shape index (κ3) is 9.10. The Labute approximate surface area is 204 Å². The maximum atomic E-state index is 5.98. The third-order valence-corrected chi connectivity index (χ3v) is 4.85. The first-order valence-electron chi connectivity index (χ1n) is 10.8. The summed E-state index contributed by atoms with van der Waals surface area (Å²) in [5.41, 5.74) is 6.92. The summed E-state index contributed by atoms with van der Waals surface area (Å²) in [6.07, 6.45) is 4.85. The molecule has 3 N–H and O–H groups in total. The van der Waals surface area contributed by atoms with Crippen LogP contribution in [0.1, 0.15) is 39.5 Å². The smallest absolute Gasteiger partial charge is 0.352 e. The molecule has 0 aliphatic rings. The number of hydrogen-bond acceptors (Lipinski definition) is 12. The van der Waals surface area contributed by atoms with E-state index < -0.39 is 6.10 Å². The van der Waals surface area contributed by atoms with Gasteiger partial charge >= 0.3 is 10.5 Å². The number of nitrogens with two attached hydrogens (primary N) is 1. The van der Waals surface area contributed by atoms with E-state index in [1.54, 1.807) is 17.9 Å². The van der Waals surface area contributed by atoms with Gasteiger partial charge in [-0.15, -0.1) is 0 Å². The van der Waals surface area contributed by atoms with E-state index >= 15 is 0 Å². The summed E-state index contributed by atoms with van der Waals surface area (Å²) in [5, 5.41) is 3.07. The highest BCUT2D eigenvalue weighted by atomic mass is 32.1. The molecule has 0 saturated carbocycles. The van der Waals surface area contributed by atoms with Crippen LogP contribution in [0.4, 0.5) is 11.8 Å². The van der Waals surface area contributed by atoms with Crippen molar-refractivity contribution in [2.45, 2.75) is 52.4 Å². The summed E-state index contributed by atoms with van der Waals surface area (Å²) < 4.78 is 29.5. The summed E-state index contributed by atoms with van der Waals surface area (Å²) >= 11 is 10.2. The van der Waals surface area contributed by atoms with Crippen LogP contribution >= 0.6 is 24.4 Å². The molecular weight excluding hydrogens is 468 g/mol. The average Bonchev–Trinajstić information content (AvgIpc) is 3.21. The van der Waals surface area contributed by atoms with Crippen LogP contribution in [0.25, 0.3) is 11.2 Å². The van der Waals surface area contributed by atoms with Crippen molar-refractivity contribution in [3.05, 3.63) is 6.33 Å². The number of imidazole rings is 1. The summed E-state index contributed by atoms with van der Waals surface area (Å²) in [6, 6.07) is 0. The first-order valence-corrected chi connectivity index (χ1v) is 11.7. The molecule has 13 heteroatoms. The number of unbranched alkanes of at least 4 members (excludes halogenated alkanes) is 2. The lowest BCUT2D eigenvalue weighted by Gasteiger charge is -2.20. The molecule has 2 aromatic rings. The number of thiocarbonyl (C=S) groups is 2. The number of hydrogen-bond donors (Lipinski definition) is 2. The first-order chi connectivity index (χ1) is 16.0. The van der Waals surface area contributed by atoms with Crippen molar-refractivity contribution in [2.24, 2.45) is 0 Å². The molecule has 2 heterocycles. The minimum Gasteiger partial charge on any atom is -0.457 e. The standard InChI is InChI=1S/C20H32N6O5S2/c1-4-6-8-27-19(32)29-10-14(11-30-20(33)28-9-7-5-2)31-13-26-12-23-15-16(22-3)24-18(21)25-17(15)26/h12,14H,4-11,13H2,1-3H3,(H3,21,22,24,25). The van der Waals surface area contributed by atoms with Gasteiger partial charge in [-0.1, -0.05) is 26.7 Å². The van der Waals surface area contributed by atoms with Crippen LogP contribution in [-0.2, 0) is 30.4 Å². The highest BCUT2D eigenvalue weighted by molar-refractivity contribution is 7.79. The summed E-state index contributed by atoms with van der Waals surface area (Å²) in [7, 11) is 1.73. The Bertz CT molecular complexity index is 871. The number of nitrogens with one attached hydrogen (secondary N) is 1. The predicted molar refractivity (Wildman–Crippen MR) is 133 cm³/mol. The summed E-state index contributed by atoms with van der Waals surface area (Å²) in [6.45, 7) is 5.46. The lowest BCUT2D eigenvalue weighted by Crippen LogP contribution is -2.29. The molecule has 0 aliphatic heterocycles. The molecule has 2 aromatic heterocycles. The van der Waals surface area contributed by atoms with Gasteiger partial charge in [-0.05, 0) is 12.8 Å². The van der Waals surface area contributed by atoms with Gasteiger partial charge in [-0.2, -0.15) is 9.97 Å². The maximum absolute atomic E-state index is 5.98. The van der Waals surface area contributed by atoms with Crippen molar-refractivity contribution in [1.29, 1.82) is 0 Å². The molecule has 0 unspecified atom stereocenters. The topological polar surface area (TPSA) is 128 Å². The van der Waals surface area contributed by atoms with Gasteiger partial charge in [-0.3, -0.25) is 4.57 Å².